The van der Waals surface area contributed by atoms with Crippen LogP contribution in [0, 0.1) is 0 Å². The lowest BCUT2D eigenvalue weighted by molar-refractivity contribution is -0.118. The number of anilines is 3. The third-order valence-corrected chi connectivity index (χ3v) is 5.49. The van der Waals surface area contributed by atoms with Crippen molar-refractivity contribution >= 4 is 34.8 Å². The van der Waals surface area contributed by atoms with Gasteiger partial charge in [0.15, 0.2) is 6.61 Å². The number of nitrogens with one attached hydrogen (secondary N) is 2. The van der Waals surface area contributed by atoms with E-state index in [0.29, 0.717) is 28.4 Å². The number of fused-ring (bicyclic) bond motifs is 1. The van der Waals surface area contributed by atoms with E-state index >= 15 is 0 Å². The Hall–Kier alpha value is -4.13. The van der Waals surface area contributed by atoms with Crippen LogP contribution in [-0.2, 0) is 15.0 Å². The molecular formula is C27H27N3O4. The van der Waals surface area contributed by atoms with Crippen LogP contribution < -0.4 is 20.3 Å². The van der Waals surface area contributed by atoms with Crippen LogP contribution in [0.4, 0.5) is 17.1 Å². The van der Waals surface area contributed by atoms with E-state index in [1.54, 1.807) is 42.5 Å². The van der Waals surface area contributed by atoms with Gasteiger partial charge in [0, 0.05) is 11.3 Å². The molecule has 3 aromatic carbocycles. The second kappa shape index (κ2) is 9.39. The van der Waals surface area contributed by atoms with Crippen LogP contribution in [0.5, 0.6) is 5.75 Å². The van der Waals surface area contributed by atoms with Crippen LogP contribution in [0.15, 0.2) is 72.8 Å². The molecular weight excluding hydrogens is 430 g/mol. The Kier molecular flexibility index (Phi) is 6.36. The Labute approximate surface area is 198 Å². The van der Waals surface area contributed by atoms with Gasteiger partial charge in [-0.3, -0.25) is 19.3 Å². The molecule has 34 heavy (non-hydrogen) atoms. The molecule has 0 spiro atoms. The molecule has 0 aliphatic carbocycles. The summed E-state index contributed by atoms with van der Waals surface area (Å²) in [6.07, 6.45) is 0. The van der Waals surface area contributed by atoms with Crippen molar-refractivity contribution in [3.05, 3.63) is 83.9 Å². The number of ether oxygens (including phenoxy) is 1. The molecule has 3 amide bonds. The topological polar surface area (TPSA) is 87.7 Å². The molecule has 0 aromatic heterocycles. The highest BCUT2D eigenvalue weighted by Crippen LogP contribution is 2.31. The second-order valence-corrected chi connectivity index (χ2v) is 9.12. The van der Waals surface area contributed by atoms with E-state index in [4.69, 9.17) is 4.74 Å². The molecule has 0 saturated heterocycles. The monoisotopic (exact) mass is 457 g/mol. The van der Waals surface area contributed by atoms with E-state index in [1.165, 1.54) is 4.90 Å². The Morgan fingerprint density at radius 3 is 2.38 bits per heavy atom. The van der Waals surface area contributed by atoms with E-state index in [2.05, 4.69) is 31.4 Å². The van der Waals surface area contributed by atoms with Gasteiger partial charge in [-0.2, -0.15) is 0 Å². The van der Waals surface area contributed by atoms with Crippen molar-refractivity contribution in [2.24, 2.45) is 0 Å². The fourth-order valence-corrected chi connectivity index (χ4v) is 3.82. The molecule has 0 bridgehead atoms. The number of hydrogen-bond donors (Lipinski definition) is 2. The lowest BCUT2D eigenvalue weighted by Gasteiger charge is -2.29. The standard InChI is InChI=1S/C27H27N3O4/c1-27(2,3)20-8-4-7-11-23(20)34-17-25(32)28-19-14-12-18(13-15-19)26(33)30-16-24(31)29-21-9-5-6-10-22(21)30/h4-15H,16-17H2,1-3H3,(H,28,32)(H,29,31). The van der Waals surface area contributed by atoms with Crippen molar-refractivity contribution in [3.8, 4) is 5.75 Å². The number of para-hydroxylation sites is 3. The van der Waals surface area contributed by atoms with Crippen LogP contribution in [0.3, 0.4) is 0 Å². The summed E-state index contributed by atoms with van der Waals surface area (Å²) in [5.74, 6) is -0.160. The van der Waals surface area contributed by atoms with Gasteiger partial charge in [-0.05, 0) is 53.4 Å². The second-order valence-electron chi connectivity index (χ2n) is 9.12. The SMILES string of the molecule is CC(C)(C)c1ccccc1OCC(=O)Nc1ccc(C(=O)N2CC(=O)Nc3ccccc32)cc1. The molecule has 0 atom stereocenters. The van der Waals surface area contributed by atoms with Gasteiger partial charge in [0.1, 0.15) is 12.3 Å². The summed E-state index contributed by atoms with van der Waals surface area (Å²) in [6, 6.07) is 21.4. The van der Waals surface area contributed by atoms with Crippen molar-refractivity contribution in [1.29, 1.82) is 0 Å². The number of carbonyl (C=O) groups excluding carboxylic acids is 3. The van der Waals surface area contributed by atoms with E-state index < -0.39 is 0 Å². The van der Waals surface area contributed by atoms with E-state index in [0.717, 1.165) is 5.56 Å². The lowest BCUT2D eigenvalue weighted by Crippen LogP contribution is -2.42. The van der Waals surface area contributed by atoms with Crippen molar-refractivity contribution < 1.29 is 19.1 Å². The molecule has 7 nitrogen and oxygen atoms in total. The van der Waals surface area contributed by atoms with Gasteiger partial charge < -0.3 is 15.4 Å². The Balaban J connectivity index is 1.40. The average Bonchev–Trinajstić information content (AvgIpc) is 2.82. The first-order chi connectivity index (χ1) is 16.2. The van der Waals surface area contributed by atoms with Gasteiger partial charge in [0.05, 0.1) is 11.4 Å². The minimum Gasteiger partial charge on any atom is -0.483 e. The van der Waals surface area contributed by atoms with Crippen LogP contribution >= 0.6 is 0 Å². The molecule has 4 rings (SSSR count). The van der Waals surface area contributed by atoms with Crippen LogP contribution in [0.25, 0.3) is 0 Å². The minimum atomic E-state index is -0.301. The van der Waals surface area contributed by atoms with Gasteiger partial charge in [0.25, 0.3) is 11.8 Å². The maximum Gasteiger partial charge on any atom is 0.262 e. The molecule has 0 fully saturated rings. The summed E-state index contributed by atoms with van der Waals surface area (Å²) in [7, 11) is 0. The summed E-state index contributed by atoms with van der Waals surface area (Å²) in [5, 5.41) is 5.56. The van der Waals surface area contributed by atoms with E-state index in [9.17, 15) is 14.4 Å². The first-order valence-electron chi connectivity index (χ1n) is 11.1. The van der Waals surface area contributed by atoms with Crippen molar-refractivity contribution in [1.82, 2.24) is 0 Å². The number of hydrogen-bond acceptors (Lipinski definition) is 4. The largest absolute Gasteiger partial charge is 0.483 e. The van der Waals surface area contributed by atoms with Gasteiger partial charge in [0.2, 0.25) is 5.91 Å². The molecule has 7 heteroatoms. The smallest absolute Gasteiger partial charge is 0.262 e. The number of rotatable bonds is 5. The maximum absolute atomic E-state index is 13.1. The lowest BCUT2D eigenvalue weighted by atomic mass is 9.86. The highest BCUT2D eigenvalue weighted by Gasteiger charge is 2.27. The minimum absolute atomic E-state index is 0.0539. The van der Waals surface area contributed by atoms with Gasteiger partial charge in [-0.1, -0.05) is 51.1 Å². The van der Waals surface area contributed by atoms with Gasteiger partial charge in [-0.15, -0.1) is 0 Å². The Bertz CT molecular complexity index is 1230. The maximum atomic E-state index is 13.1. The van der Waals surface area contributed by atoms with Crippen LogP contribution in [0.1, 0.15) is 36.7 Å². The normalized spacial score (nSPS) is 13.0. The summed E-state index contributed by atoms with van der Waals surface area (Å²) in [4.78, 5) is 39.0. The Morgan fingerprint density at radius 2 is 1.65 bits per heavy atom. The molecule has 1 aliphatic rings. The zero-order valence-corrected chi connectivity index (χ0v) is 19.4. The predicted molar refractivity (Wildman–Crippen MR) is 132 cm³/mol. The highest BCUT2D eigenvalue weighted by molar-refractivity contribution is 6.15. The van der Waals surface area contributed by atoms with Crippen LogP contribution in [0.2, 0.25) is 0 Å². The van der Waals surface area contributed by atoms with E-state index in [-0.39, 0.29) is 36.3 Å². The summed E-state index contributed by atoms with van der Waals surface area (Å²) < 4.78 is 5.77. The zero-order valence-electron chi connectivity index (χ0n) is 19.4. The Morgan fingerprint density at radius 1 is 0.971 bits per heavy atom. The summed E-state index contributed by atoms with van der Waals surface area (Å²) in [6.45, 7) is 6.09. The van der Waals surface area contributed by atoms with Gasteiger partial charge in [-0.25, -0.2) is 0 Å². The zero-order chi connectivity index (χ0) is 24.3. The first kappa shape index (κ1) is 23.0. The quantitative estimate of drug-likeness (QED) is 0.586. The predicted octanol–water partition coefficient (Wildman–Crippen LogP) is 4.60. The highest BCUT2D eigenvalue weighted by atomic mass is 16.5. The molecule has 2 N–H and O–H groups in total. The molecule has 3 aromatic rings. The van der Waals surface area contributed by atoms with Gasteiger partial charge >= 0.3 is 0 Å². The fourth-order valence-electron chi connectivity index (χ4n) is 3.82. The van der Waals surface area contributed by atoms with Crippen molar-refractivity contribution in [2.45, 2.75) is 26.2 Å². The summed E-state index contributed by atoms with van der Waals surface area (Å²) in [5.41, 5.74) is 3.13. The first-order valence-corrected chi connectivity index (χ1v) is 11.1. The number of nitrogens with zero attached hydrogens (tertiary/aromatic N) is 1. The molecule has 174 valence electrons. The molecule has 1 heterocycles. The number of benzene rings is 3. The third-order valence-electron chi connectivity index (χ3n) is 5.49. The average molecular weight is 458 g/mol. The molecule has 1 aliphatic heterocycles. The van der Waals surface area contributed by atoms with Crippen LogP contribution in [-0.4, -0.2) is 30.9 Å². The fraction of sp³-hybridized carbons (Fsp3) is 0.222. The number of amides is 3. The number of carbonyl (C=O) groups is 3. The third kappa shape index (κ3) is 5.09. The molecule has 0 radical (unpaired) electrons. The molecule has 0 unspecified atom stereocenters. The van der Waals surface area contributed by atoms with Crippen molar-refractivity contribution in [3.63, 3.8) is 0 Å². The van der Waals surface area contributed by atoms with E-state index in [1.807, 2.05) is 30.3 Å². The molecule has 0 saturated carbocycles. The summed E-state index contributed by atoms with van der Waals surface area (Å²) >= 11 is 0. The van der Waals surface area contributed by atoms with Crippen molar-refractivity contribution in [2.75, 3.05) is 28.7 Å².